The summed E-state index contributed by atoms with van der Waals surface area (Å²) in [5.41, 5.74) is 6.86. The number of amidine groups is 1. The lowest BCUT2D eigenvalue weighted by Gasteiger charge is -2.34. The van der Waals surface area contributed by atoms with Crippen molar-refractivity contribution in [1.29, 1.82) is 5.41 Å². The summed E-state index contributed by atoms with van der Waals surface area (Å²) >= 11 is 0. The summed E-state index contributed by atoms with van der Waals surface area (Å²) in [6.45, 7) is 3.82. The highest BCUT2D eigenvalue weighted by Gasteiger charge is 2.24. The van der Waals surface area contributed by atoms with Gasteiger partial charge in [-0.2, -0.15) is 0 Å². The van der Waals surface area contributed by atoms with Gasteiger partial charge in [-0.1, -0.05) is 19.1 Å². The van der Waals surface area contributed by atoms with Crippen LogP contribution in [-0.2, 0) is 0 Å². The maximum atomic E-state index is 12.5. The predicted octanol–water partition coefficient (Wildman–Crippen LogP) is 2.26. The molecule has 0 aliphatic carbocycles. The highest BCUT2D eigenvalue weighted by Crippen LogP contribution is 2.22. The monoisotopic (exact) mass is 274 g/mol. The quantitative estimate of drug-likeness (QED) is 0.641. The molecule has 0 atom stereocenters. The number of carbonyl (C=O) groups is 1. The van der Waals surface area contributed by atoms with E-state index < -0.39 is 0 Å². The van der Waals surface area contributed by atoms with E-state index in [-0.39, 0.29) is 11.9 Å². The largest absolute Gasteiger partial charge is 0.384 e. The molecule has 20 heavy (non-hydrogen) atoms. The minimum Gasteiger partial charge on any atom is -0.384 e. The van der Waals surface area contributed by atoms with Gasteiger partial charge in [0.1, 0.15) is 5.84 Å². The van der Waals surface area contributed by atoms with Gasteiger partial charge in [-0.3, -0.25) is 10.3 Å². The lowest BCUT2D eigenvalue weighted by Crippen LogP contribution is -2.45. The number of nitrogens with two attached hydrogens (primary N) is 1. The van der Waals surface area contributed by atoms with E-state index in [1.54, 1.807) is 18.0 Å². The first kappa shape index (κ1) is 14.4. The van der Waals surface area contributed by atoms with Crippen LogP contribution in [0.5, 0.6) is 0 Å². The van der Waals surface area contributed by atoms with Gasteiger partial charge in [0, 0.05) is 25.7 Å². The van der Waals surface area contributed by atoms with Crippen molar-refractivity contribution in [3.05, 3.63) is 29.8 Å². The number of hydrogen-bond donors (Lipinski definition) is 2. The maximum Gasteiger partial charge on any atom is 0.324 e. The molecule has 0 spiro atoms. The molecular formula is C15H22N4O. The molecule has 5 nitrogen and oxygen atoms in total. The molecule has 5 heteroatoms. The van der Waals surface area contributed by atoms with Gasteiger partial charge < -0.3 is 10.6 Å². The smallest absolute Gasteiger partial charge is 0.324 e. The topological polar surface area (TPSA) is 73.4 Å². The Morgan fingerprint density at radius 3 is 2.55 bits per heavy atom. The zero-order chi connectivity index (χ0) is 14.7. The average molecular weight is 274 g/mol. The summed E-state index contributed by atoms with van der Waals surface area (Å²) in [6, 6.07) is 7.23. The molecule has 108 valence electrons. The van der Waals surface area contributed by atoms with Crippen LogP contribution >= 0.6 is 0 Å². The molecule has 1 saturated heterocycles. The van der Waals surface area contributed by atoms with Gasteiger partial charge in [0.15, 0.2) is 0 Å². The molecule has 0 radical (unpaired) electrons. The minimum atomic E-state index is -0.0226. The second-order valence-corrected chi connectivity index (χ2v) is 5.44. The first-order chi connectivity index (χ1) is 9.50. The number of benzene rings is 1. The number of rotatable bonds is 2. The molecule has 0 unspecified atom stereocenters. The van der Waals surface area contributed by atoms with Gasteiger partial charge >= 0.3 is 6.03 Å². The van der Waals surface area contributed by atoms with Crippen LogP contribution in [-0.4, -0.2) is 36.9 Å². The summed E-state index contributed by atoms with van der Waals surface area (Å²) in [5, 5.41) is 7.61. The van der Waals surface area contributed by atoms with Crippen LogP contribution < -0.4 is 10.6 Å². The van der Waals surface area contributed by atoms with Crippen LogP contribution in [0.15, 0.2) is 24.3 Å². The number of anilines is 1. The predicted molar refractivity (Wildman–Crippen MR) is 81.2 cm³/mol. The fraction of sp³-hybridized carbons (Fsp3) is 0.467. The van der Waals surface area contributed by atoms with E-state index in [9.17, 15) is 4.79 Å². The van der Waals surface area contributed by atoms with Gasteiger partial charge in [-0.15, -0.1) is 0 Å². The third-order valence-electron chi connectivity index (χ3n) is 3.90. The summed E-state index contributed by atoms with van der Waals surface area (Å²) in [4.78, 5) is 16.0. The second-order valence-electron chi connectivity index (χ2n) is 5.44. The Bertz CT molecular complexity index is 506. The Balaban J connectivity index is 2.17. The zero-order valence-electron chi connectivity index (χ0n) is 12.1. The molecule has 1 fully saturated rings. The van der Waals surface area contributed by atoms with Gasteiger partial charge in [-0.25, -0.2) is 4.79 Å². The van der Waals surface area contributed by atoms with Crippen molar-refractivity contribution in [2.24, 2.45) is 11.7 Å². The van der Waals surface area contributed by atoms with Crippen molar-refractivity contribution in [2.75, 3.05) is 25.0 Å². The van der Waals surface area contributed by atoms with Crippen LogP contribution in [0.4, 0.5) is 10.5 Å². The Kier molecular flexibility index (Phi) is 4.27. The lowest BCUT2D eigenvalue weighted by molar-refractivity contribution is 0.181. The molecule has 3 N–H and O–H groups in total. The Labute approximate surface area is 119 Å². The highest BCUT2D eigenvalue weighted by atomic mass is 16.2. The first-order valence-electron chi connectivity index (χ1n) is 6.96. The molecule has 2 amide bonds. The van der Waals surface area contributed by atoms with Crippen LogP contribution in [0, 0.1) is 11.3 Å². The van der Waals surface area contributed by atoms with Crippen LogP contribution in [0.25, 0.3) is 0 Å². The molecule has 0 aromatic heterocycles. The Hall–Kier alpha value is -2.04. The van der Waals surface area contributed by atoms with E-state index in [0.29, 0.717) is 17.2 Å². The molecule has 0 bridgehead atoms. The lowest BCUT2D eigenvalue weighted by atomic mass is 9.99. The summed E-state index contributed by atoms with van der Waals surface area (Å²) in [5.74, 6) is 0.668. The molecule has 1 aliphatic heterocycles. The first-order valence-corrected chi connectivity index (χ1v) is 6.96. The number of nitrogens with one attached hydrogen (secondary N) is 1. The van der Waals surface area contributed by atoms with E-state index in [2.05, 4.69) is 6.92 Å². The van der Waals surface area contributed by atoms with E-state index in [4.69, 9.17) is 11.1 Å². The number of hydrogen-bond acceptors (Lipinski definition) is 2. The van der Waals surface area contributed by atoms with Crippen molar-refractivity contribution in [3.8, 4) is 0 Å². The Morgan fingerprint density at radius 1 is 1.35 bits per heavy atom. The van der Waals surface area contributed by atoms with E-state index in [1.807, 2.05) is 23.1 Å². The van der Waals surface area contributed by atoms with Gasteiger partial charge in [0.2, 0.25) is 0 Å². The molecule has 1 aromatic rings. The Morgan fingerprint density at radius 2 is 1.95 bits per heavy atom. The standard InChI is InChI=1S/C15H22N4O/c1-11-7-9-19(10-8-11)15(20)18(2)13-6-4-3-5-12(13)14(16)17/h3-6,11H,7-10H2,1-2H3,(H3,16,17). The molecule has 2 rings (SSSR count). The number of para-hydroxylation sites is 1. The fourth-order valence-electron chi connectivity index (χ4n) is 2.51. The number of carbonyl (C=O) groups excluding carboxylic acids is 1. The zero-order valence-corrected chi connectivity index (χ0v) is 12.1. The second kappa shape index (κ2) is 5.94. The van der Waals surface area contributed by atoms with Crippen molar-refractivity contribution >= 4 is 17.6 Å². The minimum absolute atomic E-state index is 0.0208. The molecule has 1 aromatic carbocycles. The number of nitrogen functional groups attached to an aromatic ring is 1. The summed E-state index contributed by atoms with van der Waals surface area (Å²) < 4.78 is 0. The summed E-state index contributed by atoms with van der Waals surface area (Å²) in [7, 11) is 1.74. The molecular weight excluding hydrogens is 252 g/mol. The normalized spacial score (nSPS) is 16.0. The third kappa shape index (κ3) is 2.92. The number of amides is 2. The van der Waals surface area contributed by atoms with E-state index in [0.717, 1.165) is 25.9 Å². The van der Waals surface area contributed by atoms with Crippen molar-refractivity contribution in [2.45, 2.75) is 19.8 Å². The van der Waals surface area contributed by atoms with Crippen molar-refractivity contribution < 1.29 is 4.79 Å². The average Bonchev–Trinajstić information content (AvgIpc) is 2.46. The maximum absolute atomic E-state index is 12.5. The third-order valence-corrected chi connectivity index (χ3v) is 3.90. The molecule has 0 saturated carbocycles. The van der Waals surface area contributed by atoms with Crippen LogP contribution in [0.1, 0.15) is 25.3 Å². The number of piperidine rings is 1. The number of urea groups is 1. The van der Waals surface area contributed by atoms with Crippen molar-refractivity contribution in [1.82, 2.24) is 4.90 Å². The van der Waals surface area contributed by atoms with E-state index >= 15 is 0 Å². The fourth-order valence-corrected chi connectivity index (χ4v) is 2.51. The van der Waals surface area contributed by atoms with Crippen molar-refractivity contribution in [3.63, 3.8) is 0 Å². The number of likely N-dealkylation sites (tertiary alicyclic amines) is 1. The summed E-state index contributed by atoms with van der Waals surface area (Å²) in [6.07, 6.45) is 2.10. The molecule has 1 aliphatic rings. The van der Waals surface area contributed by atoms with Gasteiger partial charge in [0.25, 0.3) is 0 Å². The number of nitrogens with zero attached hydrogens (tertiary/aromatic N) is 2. The SMILES string of the molecule is CC1CCN(C(=O)N(C)c2ccccc2C(=N)N)CC1. The van der Waals surface area contributed by atoms with Gasteiger partial charge in [-0.05, 0) is 30.9 Å². The van der Waals surface area contributed by atoms with E-state index in [1.165, 1.54) is 0 Å². The van der Waals surface area contributed by atoms with Crippen LogP contribution in [0.2, 0.25) is 0 Å². The van der Waals surface area contributed by atoms with Gasteiger partial charge in [0.05, 0.1) is 5.69 Å². The highest BCUT2D eigenvalue weighted by molar-refractivity contribution is 6.04. The molecule has 1 heterocycles. The van der Waals surface area contributed by atoms with Crippen LogP contribution in [0.3, 0.4) is 0 Å².